The first-order valence-electron chi connectivity index (χ1n) is 12.6. The van der Waals surface area contributed by atoms with Gasteiger partial charge in [0.1, 0.15) is 6.61 Å². The maximum absolute atomic E-state index is 12.5. The number of amides is 1. The van der Waals surface area contributed by atoms with Gasteiger partial charge in [-0.1, -0.05) is 48.5 Å². The number of rotatable bonds is 8. The van der Waals surface area contributed by atoms with E-state index >= 15 is 0 Å². The summed E-state index contributed by atoms with van der Waals surface area (Å²) in [7, 11) is 0. The smallest absolute Gasteiger partial charge is 0.411 e. The topological polar surface area (TPSA) is 110 Å². The predicted octanol–water partition coefficient (Wildman–Crippen LogP) is 5.47. The predicted molar refractivity (Wildman–Crippen MR) is 146 cm³/mol. The summed E-state index contributed by atoms with van der Waals surface area (Å²) < 4.78 is 10.8. The summed E-state index contributed by atoms with van der Waals surface area (Å²) in [5.41, 5.74) is 5.84. The quantitative estimate of drug-likeness (QED) is 0.238. The highest BCUT2D eigenvalue weighted by Crippen LogP contribution is 2.36. The number of nitrogens with zero attached hydrogens (tertiary/aromatic N) is 2. The molecule has 0 saturated carbocycles. The zero-order valence-electron chi connectivity index (χ0n) is 21.2. The van der Waals surface area contributed by atoms with Crippen LogP contribution in [0.5, 0.6) is 0 Å². The molecular weight excluding hydrogens is 484 g/mol. The van der Waals surface area contributed by atoms with Gasteiger partial charge in [-0.2, -0.15) is 0 Å². The standard InChI is InChI=1S/C29H30N4O5/c1-20-23(8-5-9-27(20)31-29(34)38-19-21-6-3-2-4-7-21)26(18-33(35)36)25-17-30-28-16-22(10-11-24(25)28)32-12-14-37-15-13-32/h2-11,16-17,26,30H,12-15,18-19H2,1H3,(H,31,34). The minimum atomic E-state index is -0.581. The van der Waals surface area contributed by atoms with Gasteiger partial charge in [0.05, 0.1) is 19.1 Å². The molecule has 1 aliphatic heterocycles. The highest BCUT2D eigenvalue weighted by molar-refractivity contribution is 5.88. The number of ether oxygens (including phenoxy) is 2. The third-order valence-corrected chi connectivity index (χ3v) is 6.98. The van der Waals surface area contributed by atoms with Crippen LogP contribution in [0.1, 0.15) is 28.2 Å². The fraction of sp³-hybridized carbons (Fsp3) is 0.276. The third kappa shape index (κ3) is 5.63. The maximum Gasteiger partial charge on any atom is 0.411 e. The number of nitrogens with one attached hydrogen (secondary N) is 2. The fourth-order valence-corrected chi connectivity index (χ4v) is 4.99. The van der Waals surface area contributed by atoms with Gasteiger partial charge in [-0.05, 0) is 47.4 Å². The molecule has 1 unspecified atom stereocenters. The molecule has 5 rings (SSSR count). The van der Waals surface area contributed by atoms with E-state index in [2.05, 4.69) is 27.3 Å². The molecule has 0 aliphatic carbocycles. The molecule has 0 radical (unpaired) electrons. The van der Waals surface area contributed by atoms with E-state index in [1.54, 1.807) is 12.1 Å². The zero-order chi connectivity index (χ0) is 26.5. The van der Waals surface area contributed by atoms with E-state index in [9.17, 15) is 14.9 Å². The number of nitro groups is 1. The summed E-state index contributed by atoms with van der Waals surface area (Å²) in [6, 6.07) is 21.0. The zero-order valence-corrected chi connectivity index (χ0v) is 21.2. The third-order valence-electron chi connectivity index (χ3n) is 6.98. The maximum atomic E-state index is 12.5. The number of aromatic amines is 1. The first kappa shape index (κ1) is 25.3. The molecule has 9 nitrogen and oxygen atoms in total. The van der Waals surface area contributed by atoms with Gasteiger partial charge in [0.2, 0.25) is 6.54 Å². The van der Waals surface area contributed by atoms with Crippen LogP contribution >= 0.6 is 0 Å². The van der Waals surface area contributed by atoms with Crippen LogP contribution in [0.3, 0.4) is 0 Å². The van der Waals surface area contributed by atoms with Gasteiger partial charge in [-0.3, -0.25) is 15.4 Å². The Hall–Kier alpha value is -4.37. The second-order valence-electron chi connectivity index (χ2n) is 9.35. The Morgan fingerprint density at radius 1 is 1.11 bits per heavy atom. The van der Waals surface area contributed by atoms with Gasteiger partial charge in [-0.25, -0.2) is 4.79 Å². The summed E-state index contributed by atoms with van der Waals surface area (Å²) in [6.07, 6.45) is 1.28. The first-order chi connectivity index (χ1) is 18.5. The number of benzene rings is 3. The first-order valence-corrected chi connectivity index (χ1v) is 12.6. The number of carbonyl (C=O) groups excluding carboxylic acids is 1. The molecular formula is C29H30N4O5. The van der Waals surface area contributed by atoms with Crippen LogP contribution < -0.4 is 10.2 Å². The number of aromatic nitrogens is 1. The van der Waals surface area contributed by atoms with Crippen molar-refractivity contribution < 1.29 is 19.2 Å². The van der Waals surface area contributed by atoms with Gasteiger partial charge < -0.3 is 19.4 Å². The average molecular weight is 515 g/mol. The molecule has 1 atom stereocenters. The molecule has 2 heterocycles. The van der Waals surface area contributed by atoms with E-state index in [0.717, 1.165) is 51.9 Å². The van der Waals surface area contributed by atoms with Crippen molar-refractivity contribution in [1.29, 1.82) is 0 Å². The SMILES string of the molecule is Cc1c(NC(=O)OCc2ccccc2)cccc1C(C[N+](=O)[O-])c1c[nH]c2cc(N3CCOCC3)ccc12. The molecule has 1 amide bonds. The molecule has 3 aromatic carbocycles. The summed E-state index contributed by atoms with van der Waals surface area (Å²) in [5.74, 6) is -0.505. The molecule has 1 aliphatic rings. The molecule has 2 N–H and O–H groups in total. The van der Waals surface area contributed by atoms with E-state index in [1.807, 2.05) is 55.6 Å². The summed E-state index contributed by atoms with van der Waals surface area (Å²) >= 11 is 0. The summed E-state index contributed by atoms with van der Waals surface area (Å²) in [4.78, 5) is 29.6. The number of fused-ring (bicyclic) bond motifs is 1. The molecule has 9 heteroatoms. The molecule has 1 aromatic heterocycles. The highest BCUT2D eigenvalue weighted by Gasteiger charge is 2.26. The van der Waals surface area contributed by atoms with E-state index in [1.165, 1.54) is 0 Å². The van der Waals surface area contributed by atoms with Crippen LogP contribution in [0.4, 0.5) is 16.2 Å². The Morgan fingerprint density at radius 2 is 1.89 bits per heavy atom. The van der Waals surface area contributed by atoms with Crippen molar-refractivity contribution >= 4 is 28.4 Å². The van der Waals surface area contributed by atoms with E-state index in [-0.39, 0.29) is 18.1 Å². The lowest BCUT2D eigenvalue weighted by atomic mass is 9.87. The second kappa shape index (κ2) is 11.4. The Morgan fingerprint density at radius 3 is 2.66 bits per heavy atom. The van der Waals surface area contributed by atoms with Gasteiger partial charge in [0.25, 0.3) is 0 Å². The minimum absolute atomic E-state index is 0.150. The summed E-state index contributed by atoms with van der Waals surface area (Å²) in [6.45, 7) is 4.79. The number of anilines is 2. The van der Waals surface area contributed by atoms with Crippen LogP contribution in [0.2, 0.25) is 0 Å². The molecule has 0 spiro atoms. The number of carbonyl (C=O) groups is 1. The van der Waals surface area contributed by atoms with Crippen molar-refractivity contribution in [2.45, 2.75) is 19.4 Å². The van der Waals surface area contributed by atoms with Crippen molar-refractivity contribution in [2.24, 2.45) is 0 Å². The van der Waals surface area contributed by atoms with Crippen LogP contribution in [0.25, 0.3) is 10.9 Å². The largest absolute Gasteiger partial charge is 0.444 e. The molecule has 0 bridgehead atoms. The molecule has 38 heavy (non-hydrogen) atoms. The lowest BCUT2D eigenvalue weighted by Crippen LogP contribution is -2.36. The fourth-order valence-electron chi connectivity index (χ4n) is 4.99. The Kier molecular flexibility index (Phi) is 7.55. The Labute approximate surface area is 220 Å². The van der Waals surface area contributed by atoms with Crippen LogP contribution in [-0.4, -0.2) is 48.8 Å². The van der Waals surface area contributed by atoms with Crippen LogP contribution in [-0.2, 0) is 16.1 Å². The molecule has 4 aromatic rings. The van der Waals surface area contributed by atoms with E-state index in [0.29, 0.717) is 18.9 Å². The van der Waals surface area contributed by atoms with Gasteiger partial charge >= 0.3 is 6.09 Å². The minimum Gasteiger partial charge on any atom is -0.444 e. The van der Waals surface area contributed by atoms with Gasteiger partial charge in [0.15, 0.2) is 0 Å². The number of hydrogen-bond acceptors (Lipinski definition) is 6. The molecule has 1 fully saturated rings. The normalized spacial score (nSPS) is 14.3. The van der Waals surface area contributed by atoms with E-state index < -0.39 is 12.0 Å². The van der Waals surface area contributed by atoms with E-state index in [4.69, 9.17) is 9.47 Å². The highest BCUT2D eigenvalue weighted by atomic mass is 16.6. The van der Waals surface area contributed by atoms with Crippen molar-refractivity contribution in [3.05, 3.63) is 105 Å². The average Bonchev–Trinajstić information content (AvgIpc) is 3.36. The molecule has 1 saturated heterocycles. The van der Waals surface area contributed by atoms with Crippen molar-refractivity contribution in [3.63, 3.8) is 0 Å². The van der Waals surface area contributed by atoms with Gasteiger partial charge in [0, 0.05) is 46.5 Å². The number of hydrogen-bond donors (Lipinski definition) is 2. The Balaban J connectivity index is 1.40. The van der Waals surface area contributed by atoms with Crippen LogP contribution in [0, 0.1) is 17.0 Å². The monoisotopic (exact) mass is 514 g/mol. The van der Waals surface area contributed by atoms with Gasteiger partial charge in [-0.15, -0.1) is 0 Å². The lowest BCUT2D eigenvalue weighted by molar-refractivity contribution is -0.481. The lowest BCUT2D eigenvalue weighted by Gasteiger charge is -2.28. The van der Waals surface area contributed by atoms with Crippen molar-refractivity contribution in [3.8, 4) is 0 Å². The summed E-state index contributed by atoms with van der Waals surface area (Å²) in [5, 5.41) is 15.5. The molecule has 196 valence electrons. The number of H-pyrrole nitrogens is 1. The Bertz CT molecular complexity index is 1430. The van der Waals surface area contributed by atoms with Crippen LogP contribution in [0.15, 0.2) is 72.9 Å². The van der Waals surface area contributed by atoms with Crippen molar-refractivity contribution in [2.75, 3.05) is 43.1 Å². The van der Waals surface area contributed by atoms with Crippen molar-refractivity contribution in [1.82, 2.24) is 4.98 Å². The second-order valence-corrected chi connectivity index (χ2v) is 9.35. The number of morpholine rings is 1.